The topological polar surface area (TPSA) is 81.5 Å². The van der Waals surface area contributed by atoms with E-state index in [0.29, 0.717) is 23.6 Å². The van der Waals surface area contributed by atoms with E-state index in [2.05, 4.69) is 15.3 Å². The zero-order valence-electron chi connectivity index (χ0n) is 20.8. The summed E-state index contributed by atoms with van der Waals surface area (Å²) in [5, 5.41) is 7.03. The first-order valence-corrected chi connectivity index (χ1v) is 11.5. The maximum absolute atomic E-state index is 13.6. The third-order valence-electron chi connectivity index (χ3n) is 5.86. The standard InChI is InChI=1S/C26H24F3N7O2/c1-17-23(22-12-13-32-36(22)20-10-8-19(30-2)9-11-20)35(24(37)31-14-15-33(3)4)25(38)34(17)21-7-5-6-18(16-21)26(27,28)29/h5-13,16H,14-15H2,1,3-4H3,(H,31,37). The summed E-state index contributed by atoms with van der Waals surface area (Å²) >= 11 is 0. The molecular formula is C26H24F3N7O2. The van der Waals surface area contributed by atoms with Gasteiger partial charge in [0, 0.05) is 13.1 Å². The molecule has 2 aromatic carbocycles. The van der Waals surface area contributed by atoms with E-state index in [1.54, 1.807) is 37.3 Å². The summed E-state index contributed by atoms with van der Waals surface area (Å²) in [6, 6.07) is 11.8. The van der Waals surface area contributed by atoms with Crippen LogP contribution in [0.2, 0.25) is 0 Å². The summed E-state index contributed by atoms with van der Waals surface area (Å²) in [5.41, 5.74) is -0.00826. The van der Waals surface area contributed by atoms with Crippen LogP contribution in [-0.4, -0.2) is 57.0 Å². The number of imidazole rings is 1. The second kappa shape index (κ2) is 10.4. The molecule has 12 heteroatoms. The molecule has 0 fully saturated rings. The minimum atomic E-state index is -4.61. The summed E-state index contributed by atoms with van der Waals surface area (Å²) in [6.45, 7) is 9.46. The van der Waals surface area contributed by atoms with Gasteiger partial charge in [0.25, 0.3) is 0 Å². The normalized spacial score (nSPS) is 11.5. The van der Waals surface area contributed by atoms with E-state index in [0.717, 1.165) is 21.3 Å². The van der Waals surface area contributed by atoms with Crippen molar-refractivity contribution < 1.29 is 18.0 Å². The van der Waals surface area contributed by atoms with Gasteiger partial charge in [0.05, 0.1) is 41.1 Å². The van der Waals surface area contributed by atoms with E-state index in [4.69, 9.17) is 6.57 Å². The third kappa shape index (κ3) is 5.09. The molecule has 0 saturated heterocycles. The molecule has 0 aliphatic rings. The highest BCUT2D eigenvalue weighted by atomic mass is 19.4. The number of likely N-dealkylation sites (N-methyl/N-ethyl adjacent to an activating group) is 1. The highest BCUT2D eigenvalue weighted by molar-refractivity contribution is 5.83. The van der Waals surface area contributed by atoms with Crippen LogP contribution in [0.3, 0.4) is 0 Å². The summed E-state index contributed by atoms with van der Waals surface area (Å²) in [4.78, 5) is 32.2. The van der Waals surface area contributed by atoms with Gasteiger partial charge in [-0.05, 0) is 57.4 Å². The fraction of sp³-hybridized carbons (Fsp3) is 0.231. The molecule has 0 radical (unpaired) electrons. The largest absolute Gasteiger partial charge is 0.416 e. The maximum Gasteiger partial charge on any atom is 0.416 e. The lowest BCUT2D eigenvalue weighted by Gasteiger charge is -2.13. The van der Waals surface area contributed by atoms with Crippen LogP contribution >= 0.6 is 0 Å². The number of nitrogens with one attached hydrogen (secondary N) is 1. The highest BCUT2D eigenvalue weighted by Gasteiger charge is 2.32. The van der Waals surface area contributed by atoms with Crippen LogP contribution in [0.5, 0.6) is 0 Å². The first-order valence-electron chi connectivity index (χ1n) is 11.5. The van der Waals surface area contributed by atoms with Gasteiger partial charge in [0.15, 0.2) is 5.69 Å². The lowest BCUT2D eigenvalue weighted by atomic mass is 10.2. The van der Waals surface area contributed by atoms with Crippen molar-refractivity contribution in [2.75, 3.05) is 27.2 Å². The Morgan fingerprint density at radius 1 is 1.11 bits per heavy atom. The molecule has 4 aromatic rings. The number of carbonyl (C=O) groups is 1. The van der Waals surface area contributed by atoms with Gasteiger partial charge in [0.1, 0.15) is 5.69 Å². The summed E-state index contributed by atoms with van der Waals surface area (Å²) in [7, 11) is 3.66. The summed E-state index contributed by atoms with van der Waals surface area (Å²) in [5.74, 6) is 0. The van der Waals surface area contributed by atoms with Gasteiger partial charge in [-0.25, -0.2) is 23.7 Å². The third-order valence-corrected chi connectivity index (χ3v) is 5.86. The molecule has 0 aliphatic heterocycles. The molecule has 9 nitrogen and oxygen atoms in total. The van der Waals surface area contributed by atoms with Gasteiger partial charge in [0.2, 0.25) is 0 Å². The molecular weight excluding hydrogens is 499 g/mol. The van der Waals surface area contributed by atoms with Crippen molar-refractivity contribution in [3.8, 4) is 22.8 Å². The lowest BCUT2D eigenvalue weighted by molar-refractivity contribution is -0.137. The van der Waals surface area contributed by atoms with Crippen LogP contribution in [0.15, 0.2) is 65.6 Å². The molecule has 38 heavy (non-hydrogen) atoms. The number of benzene rings is 2. The number of alkyl halides is 3. The molecule has 0 saturated carbocycles. The number of carbonyl (C=O) groups excluding carboxylic acids is 1. The Balaban J connectivity index is 1.92. The fourth-order valence-electron chi connectivity index (χ4n) is 4.04. The van der Waals surface area contributed by atoms with Gasteiger partial charge in [-0.3, -0.25) is 4.57 Å². The maximum atomic E-state index is 13.6. The Hall–Kier alpha value is -4.63. The van der Waals surface area contributed by atoms with Gasteiger partial charge >= 0.3 is 17.9 Å². The zero-order chi connectivity index (χ0) is 27.6. The minimum absolute atomic E-state index is 0.0316. The van der Waals surface area contributed by atoms with Crippen molar-refractivity contribution >= 4 is 11.7 Å². The van der Waals surface area contributed by atoms with Crippen LogP contribution in [0.4, 0.5) is 23.7 Å². The van der Waals surface area contributed by atoms with Gasteiger partial charge in [-0.2, -0.15) is 18.3 Å². The van der Waals surface area contributed by atoms with E-state index in [9.17, 15) is 22.8 Å². The second-order valence-corrected chi connectivity index (χ2v) is 8.73. The van der Waals surface area contributed by atoms with E-state index < -0.39 is 23.5 Å². The van der Waals surface area contributed by atoms with Crippen molar-refractivity contribution in [2.24, 2.45) is 0 Å². The average Bonchev–Trinajstić information content (AvgIpc) is 3.45. The van der Waals surface area contributed by atoms with Crippen molar-refractivity contribution in [1.82, 2.24) is 29.1 Å². The number of halogens is 3. The van der Waals surface area contributed by atoms with Crippen LogP contribution in [0.25, 0.3) is 27.6 Å². The SMILES string of the molecule is [C-]#[N+]c1ccc(-n2nccc2-c2c(C)n(-c3cccc(C(F)(F)F)c3)c(=O)n2C(=O)NCCN(C)C)cc1. The van der Waals surface area contributed by atoms with E-state index >= 15 is 0 Å². The Bertz CT molecular complexity index is 1570. The van der Waals surface area contributed by atoms with Crippen molar-refractivity contribution in [3.05, 3.63) is 94.0 Å². The summed E-state index contributed by atoms with van der Waals surface area (Å²) < 4.78 is 43.8. The minimum Gasteiger partial charge on any atom is -0.336 e. The smallest absolute Gasteiger partial charge is 0.336 e. The first kappa shape index (κ1) is 26.4. The molecule has 0 unspecified atom stereocenters. The quantitative estimate of drug-likeness (QED) is 0.378. The molecule has 4 rings (SSSR count). The Labute approximate surface area is 216 Å². The van der Waals surface area contributed by atoms with Crippen molar-refractivity contribution in [2.45, 2.75) is 13.1 Å². The van der Waals surface area contributed by atoms with Crippen LogP contribution < -0.4 is 11.0 Å². The molecule has 2 heterocycles. The second-order valence-electron chi connectivity index (χ2n) is 8.73. The number of rotatable bonds is 6. The number of hydrogen-bond donors (Lipinski definition) is 1. The van der Waals surface area contributed by atoms with Gasteiger partial charge in [-0.1, -0.05) is 18.2 Å². The zero-order valence-corrected chi connectivity index (χ0v) is 20.8. The highest BCUT2D eigenvalue weighted by Crippen LogP contribution is 2.32. The predicted molar refractivity (Wildman–Crippen MR) is 136 cm³/mol. The predicted octanol–water partition coefficient (Wildman–Crippen LogP) is 4.49. The summed E-state index contributed by atoms with van der Waals surface area (Å²) in [6.07, 6.45) is -3.13. The first-order chi connectivity index (χ1) is 18.0. The number of aromatic nitrogens is 4. The van der Waals surface area contributed by atoms with Crippen molar-refractivity contribution in [3.63, 3.8) is 0 Å². The van der Waals surface area contributed by atoms with E-state index in [1.165, 1.54) is 23.0 Å². The fourth-order valence-corrected chi connectivity index (χ4v) is 4.04. The molecule has 0 bridgehead atoms. The van der Waals surface area contributed by atoms with E-state index in [1.807, 2.05) is 19.0 Å². The van der Waals surface area contributed by atoms with Crippen molar-refractivity contribution in [1.29, 1.82) is 0 Å². The number of nitrogens with zero attached hydrogens (tertiary/aromatic N) is 6. The van der Waals surface area contributed by atoms with E-state index in [-0.39, 0.29) is 23.6 Å². The van der Waals surface area contributed by atoms with Crippen LogP contribution in [-0.2, 0) is 6.18 Å². The molecule has 1 amide bonds. The average molecular weight is 524 g/mol. The number of amides is 1. The molecule has 1 N–H and O–H groups in total. The van der Waals surface area contributed by atoms with Gasteiger partial charge in [-0.15, -0.1) is 0 Å². The van der Waals surface area contributed by atoms with Crippen LogP contribution in [0, 0.1) is 13.5 Å². The lowest BCUT2D eigenvalue weighted by Crippen LogP contribution is -2.40. The monoisotopic (exact) mass is 523 g/mol. The molecule has 0 spiro atoms. The molecule has 0 aliphatic carbocycles. The Kier molecular flexibility index (Phi) is 7.23. The number of hydrogen-bond acceptors (Lipinski definition) is 4. The van der Waals surface area contributed by atoms with Crippen LogP contribution in [0.1, 0.15) is 11.3 Å². The Morgan fingerprint density at radius 2 is 1.82 bits per heavy atom. The molecule has 2 aromatic heterocycles. The Morgan fingerprint density at radius 3 is 2.45 bits per heavy atom. The molecule has 196 valence electrons. The van der Waals surface area contributed by atoms with Gasteiger partial charge < -0.3 is 10.2 Å². The molecule has 0 atom stereocenters.